The predicted molar refractivity (Wildman–Crippen MR) is 369 cm³/mol. The van der Waals surface area contributed by atoms with Gasteiger partial charge in [-0.3, -0.25) is 18.6 Å². The summed E-state index contributed by atoms with van der Waals surface area (Å²) in [4.78, 5) is 37.9. The number of nitrogens with one attached hydrogen (secondary N) is 1. The van der Waals surface area contributed by atoms with Crippen molar-refractivity contribution >= 4 is 19.7 Å². The summed E-state index contributed by atoms with van der Waals surface area (Å²) in [5, 5.41) is 3.07. The monoisotopic (exact) mass is 1210 g/mol. The van der Waals surface area contributed by atoms with Crippen LogP contribution in [0.2, 0.25) is 0 Å². The zero-order valence-electron chi connectivity index (χ0n) is 56.6. The fourth-order valence-corrected chi connectivity index (χ4v) is 11.1. The number of nitrogens with zero attached hydrogens (tertiary/aromatic N) is 1. The van der Waals surface area contributed by atoms with E-state index in [1.54, 1.807) is 0 Å². The van der Waals surface area contributed by atoms with Crippen molar-refractivity contribution in [1.29, 1.82) is 0 Å². The molecule has 494 valence electrons. The highest BCUT2D eigenvalue weighted by Gasteiger charge is 2.30. The molecular formula is C75H138N2O7P+. The number of phosphoric acid groups is 1. The van der Waals surface area contributed by atoms with Crippen LogP contribution in [0.4, 0.5) is 0 Å². The Morgan fingerprint density at radius 1 is 0.424 bits per heavy atom. The van der Waals surface area contributed by atoms with Gasteiger partial charge in [-0.2, -0.15) is 0 Å². The molecule has 0 saturated heterocycles. The van der Waals surface area contributed by atoms with Gasteiger partial charge in [-0.25, -0.2) is 4.57 Å². The molecule has 0 aliphatic heterocycles. The number of likely N-dealkylation sites (N-methyl/N-ethyl adjacent to an activating group) is 1. The molecule has 3 unspecified atom stereocenters. The summed E-state index contributed by atoms with van der Waals surface area (Å²) in [7, 11) is 1.49. The molecule has 10 heteroatoms. The molecule has 0 aromatic heterocycles. The Hall–Kier alpha value is -2.81. The number of carbonyl (C=O) groups is 2. The van der Waals surface area contributed by atoms with E-state index in [4.69, 9.17) is 13.8 Å². The minimum Gasteiger partial charge on any atom is -0.456 e. The van der Waals surface area contributed by atoms with E-state index in [0.717, 1.165) is 103 Å². The molecule has 0 saturated carbocycles. The molecule has 0 radical (unpaired) electrons. The van der Waals surface area contributed by atoms with Gasteiger partial charge < -0.3 is 19.4 Å². The summed E-state index contributed by atoms with van der Waals surface area (Å²) in [5.74, 6) is -0.511. The summed E-state index contributed by atoms with van der Waals surface area (Å²) in [6.45, 7) is 6.91. The first-order chi connectivity index (χ1) is 41.4. The molecule has 0 bridgehead atoms. The molecule has 3 atom stereocenters. The number of quaternary nitrogens is 1. The number of rotatable bonds is 65. The van der Waals surface area contributed by atoms with Gasteiger partial charge >= 0.3 is 13.8 Å². The maximum Gasteiger partial charge on any atom is 0.472 e. The van der Waals surface area contributed by atoms with Crippen LogP contribution < -0.4 is 5.32 Å². The third-order valence-corrected chi connectivity index (χ3v) is 16.8. The predicted octanol–water partition coefficient (Wildman–Crippen LogP) is 22.9. The molecule has 2 N–H and O–H groups in total. The lowest BCUT2D eigenvalue weighted by molar-refractivity contribution is -0.870. The molecule has 1 amide bonds. The zero-order chi connectivity index (χ0) is 62.1. The third kappa shape index (κ3) is 65.5. The summed E-state index contributed by atoms with van der Waals surface area (Å²) in [6, 6.07) is -0.857. The van der Waals surface area contributed by atoms with E-state index in [9.17, 15) is 19.0 Å². The van der Waals surface area contributed by atoms with Crippen molar-refractivity contribution in [3.8, 4) is 0 Å². The van der Waals surface area contributed by atoms with Crippen LogP contribution >= 0.6 is 7.82 Å². The van der Waals surface area contributed by atoms with Gasteiger partial charge in [-0.05, 0) is 102 Å². The van der Waals surface area contributed by atoms with Gasteiger partial charge in [-0.15, -0.1) is 0 Å². The third-order valence-electron chi connectivity index (χ3n) is 15.8. The number of phosphoric ester groups is 1. The molecular weight excluding hydrogens is 1070 g/mol. The normalized spacial score (nSPS) is 14.0. The Morgan fingerprint density at radius 3 is 1.14 bits per heavy atom. The molecule has 0 aromatic carbocycles. The fraction of sp³-hybridized carbons (Fsp3) is 0.787. The van der Waals surface area contributed by atoms with Crippen molar-refractivity contribution in [1.82, 2.24) is 5.32 Å². The Balaban J connectivity index is 5.02. The average Bonchev–Trinajstić information content (AvgIpc) is 3.62. The van der Waals surface area contributed by atoms with Crippen molar-refractivity contribution < 1.29 is 37.3 Å². The Morgan fingerprint density at radius 2 is 0.753 bits per heavy atom. The van der Waals surface area contributed by atoms with E-state index in [-0.39, 0.29) is 31.5 Å². The number of ether oxygens (including phenoxy) is 1. The quantitative estimate of drug-likeness (QED) is 0.0205. The molecule has 0 fully saturated rings. The van der Waals surface area contributed by atoms with E-state index < -0.39 is 20.0 Å². The van der Waals surface area contributed by atoms with E-state index in [0.29, 0.717) is 17.4 Å². The first kappa shape index (κ1) is 82.2. The number of unbranched alkanes of at least 4 members (excludes halogenated alkanes) is 37. The summed E-state index contributed by atoms with van der Waals surface area (Å²) in [5.41, 5.74) is 0. The zero-order valence-corrected chi connectivity index (χ0v) is 57.5. The number of hydrogen-bond acceptors (Lipinski definition) is 6. The van der Waals surface area contributed by atoms with Crippen LogP contribution in [0.25, 0.3) is 0 Å². The van der Waals surface area contributed by atoms with Gasteiger partial charge in [0.1, 0.15) is 19.3 Å². The van der Waals surface area contributed by atoms with Crippen LogP contribution in [0, 0.1) is 0 Å². The molecule has 0 aliphatic carbocycles. The van der Waals surface area contributed by atoms with Gasteiger partial charge in [-0.1, -0.05) is 299 Å². The van der Waals surface area contributed by atoms with Crippen LogP contribution in [-0.4, -0.2) is 74.3 Å². The van der Waals surface area contributed by atoms with Crippen molar-refractivity contribution in [2.24, 2.45) is 0 Å². The van der Waals surface area contributed by atoms with Crippen molar-refractivity contribution in [3.05, 3.63) is 85.1 Å². The lowest BCUT2D eigenvalue weighted by Gasteiger charge is -2.27. The second-order valence-corrected chi connectivity index (χ2v) is 26.8. The first-order valence-electron chi connectivity index (χ1n) is 35.9. The van der Waals surface area contributed by atoms with Crippen LogP contribution in [0.15, 0.2) is 85.1 Å². The Kier molecular flexibility index (Phi) is 62.1. The summed E-state index contributed by atoms with van der Waals surface area (Å²) in [6.07, 6.45) is 86.0. The maximum absolute atomic E-state index is 13.6. The van der Waals surface area contributed by atoms with Crippen LogP contribution in [0.1, 0.15) is 329 Å². The van der Waals surface area contributed by atoms with Crippen molar-refractivity contribution in [3.63, 3.8) is 0 Å². The van der Waals surface area contributed by atoms with E-state index in [2.05, 4.69) is 99.0 Å². The topological polar surface area (TPSA) is 111 Å². The number of amides is 1. The summed E-state index contributed by atoms with van der Waals surface area (Å²) < 4.78 is 30.8. The van der Waals surface area contributed by atoms with Crippen molar-refractivity contribution in [2.45, 2.75) is 341 Å². The van der Waals surface area contributed by atoms with Crippen molar-refractivity contribution in [2.75, 3.05) is 40.9 Å². The minimum atomic E-state index is -4.46. The van der Waals surface area contributed by atoms with Gasteiger partial charge in [0.25, 0.3) is 0 Å². The van der Waals surface area contributed by atoms with Crippen LogP contribution in [-0.2, 0) is 27.9 Å². The lowest BCUT2D eigenvalue weighted by Crippen LogP contribution is -2.47. The highest BCUT2D eigenvalue weighted by Crippen LogP contribution is 2.43. The first-order valence-corrected chi connectivity index (χ1v) is 37.4. The second-order valence-electron chi connectivity index (χ2n) is 25.4. The van der Waals surface area contributed by atoms with E-state index in [1.165, 1.54) is 193 Å². The molecule has 0 aromatic rings. The highest BCUT2D eigenvalue weighted by atomic mass is 31.2. The molecule has 0 heterocycles. The van der Waals surface area contributed by atoms with Gasteiger partial charge in [0.05, 0.1) is 33.8 Å². The fourth-order valence-electron chi connectivity index (χ4n) is 10.3. The average molecular weight is 1210 g/mol. The Bertz CT molecular complexity index is 1730. The molecule has 0 aliphatic rings. The smallest absolute Gasteiger partial charge is 0.456 e. The Labute approximate surface area is 526 Å². The molecule has 9 nitrogen and oxygen atoms in total. The van der Waals surface area contributed by atoms with Crippen LogP contribution in [0.3, 0.4) is 0 Å². The van der Waals surface area contributed by atoms with Gasteiger partial charge in [0.2, 0.25) is 5.91 Å². The number of hydrogen-bond donors (Lipinski definition) is 2. The highest BCUT2D eigenvalue weighted by molar-refractivity contribution is 7.47. The van der Waals surface area contributed by atoms with E-state index >= 15 is 0 Å². The van der Waals surface area contributed by atoms with Crippen LogP contribution in [0.5, 0.6) is 0 Å². The SMILES string of the molecule is CC/C=C\C/C=C\C/C=C\C/C=C\C/C=C\CCCCCCCCCC(=O)OC(/C=C/CCCCCCCCCCC)C(COP(=O)(O)OCC[N+](C)(C)C)NC(=O)CCCCCCCCCCCCCCCCC/C=C/CCCCCCCC. The summed E-state index contributed by atoms with van der Waals surface area (Å²) >= 11 is 0. The van der Waals surface area contributed by atoms with E-state index in [1.807, 2.05) is 33.3 Å². The minimum absolute atomic E-state index is 0.0363. The standard InChI is InChI=1S/C75H137N2O7P/c1-7-10-13-16-19-22-25-27-29-31-33-35-37-38-40-41-43-45-47-49-52-55-58-61-64-67-74(78)76-72(71-83-85(80,81)82-70-69-77(4,5)6)73(66-63-60-57-54-51-24-21-18-15-12-9-3)84-75(79)68-65-62-59-56-53-50-48-46-44-42-39-36-34-32-30-28-26-23-20-17-14-11-8-2/h11,14,20,23,27-30,34,36,42,44,63,66,72-73H,7-10,12-13,15-19,21-22,24-26,31-33,35,37-41,43,45-62,64-65,67-71H2,1-6H3,(H-,76,78,80,81)/p+1/b14-11-,23-20-,29-27+,30-28-,36-34-,44-42-,66-63+. The second kappa shape index (κ2) is 64.2. The van der Waals surface area contributed by atoms with Gasteiger partial charge in [0, 0.05) is 12.8 Å². The molecule has 0 rings (SSSR count). The number of allylic oxidation sites excluding steroid dienone is 13. The van der Waals surface area contributed by atoms with Gasteiger partial charge in [0.15, 0.2) is 0 Å². The number of carbonyl (C=O) groups excluding carboxylic acids is 2. The largest absolute Gasteiger partial charge is 0.472 e. The molecule has 85 heavy (non-hydrogen) atoms. The number of esters is 1. The molecule has 0 spiro atoms. The lowest BCUT2D eigenvalue weighted by atomic mass is 10.0. The maximum atomic E-state index is 13.6.